The van der Waals surface area contributed by atoms with E-state index >= 15 is 0 Å². The fourth-order valence-corrected chi connectivity index (χ4v) is 3.66. The van der Waals surface area contributed by atoms with E-state index in [1.165, 1.54) is 5.56 Å². The average molecular weight is 372 g/mol. The summed E-state index contributed by atoms with van der Waals surface area (Å²) in [6.45, 7) is 2.82. The number of amides is 1. The molecule has 0 atom stereocenters. The van der Waals surface area contributed by atoms with Crippen LogP contribution in [0.25, 0.3) is 11.2 Å². The van der Waals surface area contributed by atoms with E-state index in [9.17, 15) is 4.79 Å². The van der Waals surface area contributed by atoms with Crippen LogP contribution < -0.4 is 0 Å². The Bertz CT molecular complexity index is 1130. The van der Waals surface area contributed by atoms with Crippen molar-refractivity contribution in [2.45, 2.75) is 26.1 Å². The predicted molar refractivity (Wildman–Crippen MR) is 105 cm³/mol. The van der Waals surface area contributed by atoms with Crippen LogP contribution in [0.2, 0.25) is 0 Å². The van der Waals surface area contributed by atoms with Gasteiger partial charge in [-0.05, 0) is 18.1 Å². The first kappa shape index (κ1) is 16.7. The minimum atomic E-state index is -0.0133. The zero-order valence-corrected chi connectivity index (χ0v) is 15.4. The molecule has 140 valence electrons. The van der Waals surface area contributed by atoms with Crippen molar-refractivity contribution in [3.05, 3.63) is 78.3 Å². The van der Waals surface area contributed by atoms with Crippen LogP contribution in [0, 0.1) is 0 Å². The molecule has 0 radical (unpaired) electrons. The number of aromatic nitrogens is 5. The van der Waals surface area contributed by atoms with Gasteiger partial charge in [0.15, 0.2) is 5.65 Å². The lowest BCUT2D eigenvalue weighted by atomic mass is 10.1. The van der Waals surface area contributed by atoms with Crippen LogP contribution in [0.4, 0.5) is 0 Å². The third kappa shape index (κ3) is 3.05. The van der Waals surface area contributed by atoms with E-state index in [1.807, 2.05) is 46.3 Å². The highest BCUT2D eigenvalue weighted by Gasteiger charge is 2.22. The van der Waals surface area contributed by atoms with Gasteiger partial charge in [0.2, 0.25) is 0 Å². The van der Waals surface area contributed by atoms with Crippen LogP contribution in [0.5, 0.6) is 0 Å². The number of aryl methyl sites for hydroxylation is 2. The Morgan fingerprint density at radius 3 is 2.82 bits per heavy atom. The van der Waals surface area contributed by atoms with E-state index in [4.69, 9.17) is 0 Å². The number of pyridine rings is 1. The van der Waals surface area contributed by atoms with Crippen molar-refractivity contribution in [2.24, 2.45) is 0 Å². The highest BCUT2D eigenvalue weighted by atomic mass is 16.2. The average Bonchev–Trinajstić information content (AvgIpc) is 3.38. The second-order valence-corrected chi connectivity index (χ2v) is 7.05. The summed E-state index contributed by atoms with van der Waals surface area (Å²) in [6, 6.07) is 12.2. The number of carbonyl (C=O) groups excluding carboxylic acids is 1. The number of benzene rings is 1. The van der Waals surface area contributed by atoms with Gasteiger partial charge < -0.3 is 14.0 Å². The summed E-state index contributed by atoms with van der Waals surface area (Å²) in [5.41, 5.74) is 4.47. The minimum absolute atomic E-state index is 0.0133. The molecule has 3 aromatic heterocycles. The summed E-state index contributed by atoms with van der Waals surface area (Å²) in [7, 11) is 0. The topological polar surface area (TPSA) is 68.8 Å². The maximum atomic E-state index is 12.9. The molecule has 0 N–H and O–H groups in total. The van der Waals surface area contributed by atoms with E-state index < -0.39 is 0 Å². The van der Waals surface area contributed by atoms with Crippen LogP contribution in [0.3, 0.4) is 0 Å². The zero-order chi connectivity index (χ0) is 18.9. The number of nitrogens with zero attached hydrogens (tertiary/aromatic N) is 6. The van der Waals surface area contributed by atoms with Gasteiger partial charge in [-0.1, -0.05) is 30.3 Å². The lowest BCUT2D eigenvalue weighted by Crippen LogP contribution is -2.37. The van der Waals surface area contributed by atoms with Crippen molar-refractivity contribution in [1.82, 2.24) is 29.0 Å². The fourth-order valence-electron chi connectivity index (χ4n) is 3.66. The summed E-state index contributed by atoms with van der Waals surface area (Å²) >= 11 is 0. The quantitative estimate of drug-likeness (QED) is 0.552. The lowest BCUT2D eigenvalue weighted by molar-refractivity contribution is 0.0711. The van der Waals surface area contributed by atoms with Crippen molar-refractivity contribution < 1.29 is 4.79 Å². The summed E-state index contributed by atoms with van der Waals surface area (Å²) in [5, 5.41) is 0. The van der Waals surface area contributed by atoms with Crippen molar-refractivity contribution in [3.63, 3.8) is 0 Å². The van der Waals surface area contributed by atoms with Crippen LogP contribution in [0.15, 0.2) is 61.4 Å². The van der Waals surface area contributed by atoms with Gasteiger partial charge in [0.25, 0.3) is 5.91 Å². The van der Waals surface area contributed by atoms with Gasteiger partial charge in [0, 0.05) is 32.0 Å². The van der Waals surface area contributed by atoms with Gasteiger partial charge in [-0.3, -0.25) is 4.79 Å². The molecule has 1 aliphatic rings. The third-order valence-electron chi connectivity index (χ3n) is 5.24. The maximum absolute atomic E-state index is 12.9. The molecule has 4 heterocycles. The van der Waals surface area contributed by atoms with Gasteiger partial charge in [0.1, 0.15) is 5.52 Å². The smallest absolute Gasteiger partial charge is 0.255 e. The summed E-state index contributed by atoms with van der Waals surface area (Å²) in [6.07, 6.45) is 8.00. The molecule has 1 aliphatic heterocycles. The molecule has 7 heteroatoms. The molecule has 5 rings (SSSR count). The lowest BCUT2D eigenvalue weighted by Gasteiger charge is -2.28. The predicted octanol–water partition coefficient (Wildman–Crippen LogP) is 2.53. The standard InChI is InChI=1S/C21H20N6O/c28-21(25-8-9-26-14-22-12-18(26)13-25)17-10-19-20(23-11-17)27(15-24-19)7-6-16-4-2-1-3-5-16/h1-5,10-12,14-15H,6-9,13H2. The second kappa shape index (κ2) is 6.92. The molecule has 7 nitrogen and oxygen atoms in total. The van der Waals surface area contributed by atoms with Gasteiger partial charge >= 0.3 is 0 Å². The third-order valence-corrected chi connectivity index (χ3v) is 5.24. The van der Waals surface area contributed by atoms with E-state index in [0.717, 1.165) is 36.4 Å². The summed E-state index contributed by atoms with van der Waals surface area (Å²) in [5.74, 6) is -0.0133. The first-order valence-electron chi connectivity index (χ1n) is 9.41. The molecule has 28 heavy (non-hydrogen) atoms. The number of hydrogen-bond donors (Lipinski definition) is 0. The molecule has 0 saturated heterocycles. The van der Waals surface area contributed by atoms with Gasteiger partial charge in [-0.15, -0.1) is 0 Å². The zero-order valence-electron chi connectivity index (χ0n) is 15.4. The Balaban J connectivity index is 1.34. The Hall–Kier alpha value is -3.48. The number of rotatable bonds is 4. The van der Waals surface area contributed by atoms with Crippen LogP contribution in [-0.2, 0) is 26.1 Å². The summed E-state index contributed by atoms with van der Waals surface area (Å²) in [4.78, 5) is 27.9. The molecular formula is C21H20N6O. The monoisotopic (exact) mass is 372 g/mol. The summed E-state index contributed by atoms with van der Waals surface area (Å²) < 4.78 is 4.12. The highest BCUT2D eigenvalue weighted by molar-refractivity contribution is 5.96. The van der Waals surface area contributed by atoms with Crippen molar-refractivity contribution in [1.29, 1.82) is 0 Å². The Kier molecular flexibility index (Phi) is 4.12. The normalized spacial score (nSPS) is 13.6. The molecule has 4 aromatic rings. The molecule has 0 fully saturated rings. The van der Waals surface area contributed by atoms with Crippen molar-refractivity contribution in [3.8, 4) is 0 Å². The van der Waals surface area contributed by atoms with E-state index in [2.05, 4.69) is 31.7 Å². The highest BCUT2D eigenvalue weighted by Crippen LogP contribution is 2.18. The van der Waals surface area contributed by atoms with E-state index in [0.29, 0.717) is 18.7 Å². The first-order chi connectivity index (χ1) is 13.8. The van der Waals surface area contributed by atoms with E-state index in [1.54, 1.807) is 12.5 Å². The molecule has 1 amide bonds. The van der Waals surface area contributed by atoms with Crippen LogP contribution in [0.1, 0.15) is 21.6 Å². The number of hydrogen-bond acceptors (Lipinski definition) is 4. The van der Waals surface area contributed by atoms with Crippen molar-refractivity contribution >= 4 is 17.1 Å². The largest absolute Gasteiger partial charge is 0.331 e. The van der Waals surface area contributed by atoms with Crippen molar-refractivity contribution in [2.75, 3.05) is 6.54 Å². The number of carbonyl (C=O) groups is 1. The van der Waals surface area contributed by atoms with Gasteiger partial charge in [0.05, 0.1) is 30.5 Å². The van der Waals surface area contributed by atoms with Gasteiger partial charge in [-0.25, -0.2) is 15.0 Å². The fraction of sp³-hybridized carbons (Fsp3) is 0.238. The SMILES string of the molecule is O=C(c1cnc2c(c1)ncn2CCc1ccccc1)N1CCn2cncc2C1. The minimum Gasteiger partial charge on any atom is -0.331 e. The maximum Gasteiger partial charge on any atom is 0.255 e. The second-order valence-electron chi connectivity index (χ2n) is 7.05. The molecule has 1 aromatic carbocycles. The molecule has 0 aliphatic carbocycles. The molecule has 0 spiro atoms. The van der Waals surface area contributed by atoms with Crippen LogP contribution in [-0.4, -0.2) is 41.4 Å². The number of fused-ring (bicyclic) bond motifs is 2. The molecule has 0 saturated carbocycles. The van der Waals surface area contributed by atoms with Crippen LogP contribution >= 0.6 is 0 Å². The number of imidazole rings is 2. The molecular weight excluding hydrogens is 352 g/mol. The first-order valence-corrected chi connectivity index (χ1v) is 9.41. The Labute approximate surface area is 162 Å². The molecule has 0 unspecified atom stereocenters. The Morgan fingerprint density at radius 1 is 1.04 bits per heavy atom. The molecule has 0 bridgehead atoms. The Morgan fingerprint density at radius 2 is 1.93 bits per heavy atom. The van der Waals surface area contributed by atoms with Gasteiger partial charge in [-0.2, -0.15) is 0 Å². The van der Waals surface area contributed by atoms with E-state index in [-0.39, 0.29) is 5.91 Å².